The predicted octanol–water partition coefficient (Wildman–Crippen LogP) is 5.88. The molecule has 0 bridgehead atoms. The fourth-order valence-corrected chi connectivity index (χ4v) is 4.23. The van der Waals surface area contributed by atoms with Gasteiger partial charge in [-0.15, -0.1) is 0 Å². The fraction of sp³-hybridized carbons (Fsp3) is 0.0385. The van der Waals surface area contributed by atoms with Crippen molar-refractivity contribution in [2.75, 3.05) is 0 Å². The Morgan fingerprint density at radius 3 is 2.45 bits per heavy atom. The van der Waals surface area contributed by atoms with Gasteiger partial charge in [0.25, 0.3) is 5.91 Å². The van der Waals surface area contributed by atoms with E-state index in [9.17, 15) is 9.18 Å². The van der Waals surface area contributed by atoms with Gasteiger partial charge in [0.2, 0.25) is 0 Å². The predicted molar refractivity (Wildman–Crippen MR) is 131 cm³/mol. The second-order valence-electron chi connectivity index (χ2n) is 7.54. The van der Waals surface area contributed by atoms with Crippen molar-refractivity contribution in [2.45, 2.75) is 6.92 Å². The zero-order valence-corrected chi connectivity index (χ0v) is 18.5. The maximum absolute atomic E-state index is 13.5. The number of thioether (sulfide) groups is 1. The molecule has 5 rings (SSSR count). The number of hydrogen-bond donors (Lipinski definition) is 1. The lowest BCUT2D eigenvalue weighted by atomic mass is 10.1. The van der Waals surface area contributed by atoms with E-state index in [1.54, 1.807) is 22.9 Å². The second-order valence-corrected chi connectivity index (χ2v) is 8.57. The van der Waals surface area contributed by atoms with Crippen LogP contribution in [-0.4, -0.2) is 20.9 Å². The minimum Gasteiger partial charge on any atom is -0.300 e. The Morgan fingerprint density at radius 2 is 1.73 bits per heavy atom. The molecule has 0 saturated carbocycles. The summed E-state index contributed by atoms with van der Waals surface area (Å²) in [5.74, 6) is -0.535. The highest BCUT2D eigenvalue weighted by Gasteiger charge is 2.25. The lowest BCUT2D eigenvalue weighted by Gasteiger charge is -2.00. The van der Waals surface area contributed by atoms with Crippen molar-refractivity contribution in [3.05, 3.63) is 107 Å². The van der Waals surface area contributed by atoms with Crippen molar-refractivity contribution in [3.63, 3.8) is 0 Å². The van der Waals surface area contributed by atoms with Crippen LogP contribution in [-0.2, 0) is 4.79 Å². The molecule has 3 aromatic carbocycles. The molecular weight excluding hydrogens is 435 g/mol. The van der Waals surface area contributed by atoms with Crippen molar-refractivity contribution >= 4 is 34.6 Å². The summed E-state index contributed by atoms with van der Waals surface area (Å²) in [4.78, 5) is 17.7. The van der Waals surface area contributed by atoms with E-state index in [2.05, 4.69) is 10.3 Å². The average molecular weight is 455 g/mol. The standard InChI is InChI=1S/C26H19FN4OS/c1-17-7-13-21(14-8-17)28-26-29-25(32)23(33-26)15-19-16-31(22-5-3-2-4-6-22)30-24(19)18-9-11-20(27)12-10-18/h2-16H,1H3,(H,28,29,32)/b23-15-. The molecule has 0 spiro atoms. The number of amides is 1. The van der Waals surface area contributed by atoms with Crippen LogP contribution in [0, 0.1) is 12.7 Å². The van der Waals surface area contributed by atoms with Crippen LogP contribution in [0.3, 0.4) is 0 Å². The average Bonchev–Trinajstić information content (AvgIpc) is 3.40. The zero-order valence-electron chi connectivity index (χ0n) is 17.7. The Labute approximate surface area is 194 Å². The molecule has 1 aromatic heterocycles. The van der Waals surface area contributed by atoms with Crippen LogP contribution in [0.5, 0.6) is 0 Å². The van der Waals surface area contributed by atoms with E-state index in [0.29, 0.717) is 15.8 Å². The molecule has 162 valence electrons. The number of benzene rings is 3. The first-order chi connectivity index (χ1) is 16.0. The highest BCUT2D eigenvalue weighted by molar-refractivity contribution is 8.18. The van der Waals surface area contributed by atoms with E-state index in [1.165, 1.54) is 23.9 Å². The quantitative estimate of drug-likeness (QED) is 0.392. The third-order valence-electron chi connectivity index (χ3n) is 5.08. The summed E-state index contributed by atoms with van der Waals surface area (Å²) in [6.45, 7) is 2.01. The molecule has 4 aromatic rings. The van der Waals surface area contributed by atoms with Gasteiger partial charge >= 0.3 is 0 Å². The molecule has 7 heteroatoms. The third kappa shape index (κ3) is 4.63. The molecule has 0 unspecified atom stereocenters. The van der Waals surface area contributed by atoms with E-state index < -0.39 is 0 Å². The molecule has 1 amide bonds. The van der Waals surface area contributed by atoms with Crippen molar-refractivity contribution in [1.29, 1.82) is 0 Å². The Bertz CT molecular complexity index is 1370. The number of aliphatic imine (C=N–C) groups is 1. The van der Waals surface area contributed by atoms with E-state index in [0.717, 1.165) is 28.1 Å². The molecule has 0 aliphatic carbocycles. The lowest BCUT2D eigenvalue weighted by Crippen LogP contribution is -2.19. The van der Waals surface area contributed by atoms with Crippen molar-refractivity contribution in [1.82, 2.24) is 15.1 Å². The van der Waals surface area contributed by atoms with Gasteiger partial charge in [-0.05, 0) is 73.3 Å². The van der Waals surface area contributed by atoms with Gasteiger partial charge in [0.05, 0.1) is 22.0 Å². The number of aryl methyl sites for hydroxylation is 1. The summed E-state index contributed by atoms with van der Waals surface area (Å²) < 4.78 is 15.2. The highest BCUT2D eigenvalue weighted by atomic mass is 32.2. The molecule has 1 aliphatic rings. The summed E-state index contributed by atoms with van der Waals surface area (Å²) in [6, 6.07) is 23.6. The number of amidine groups is 1. The lowest BCUT2D eigenvalue weighted by molar-refractivity contribution is -0.115. The maximum Gasteiger partial charge on any atom is 0.264 e. The Kier molecular flexibility index (Phi) is 5.62. The summed E-state index contributed by atoms with van der Waals surface area (Å²) in [5.41, 5.74) is 4.97. The molecule has 2 heterocycles. The highest BCUT2D eigenvalue weighted by Crippen LogP contribution is 2.32. The smallest absolute Gasteiger partial charge is 0.264 e. The number of para-hydroxylation sites is 1. The fourth-order valence-electron chi connectivity index (χ4n) is 3.40. The summed E-state index contributed by atoms with van der Waals surface area (Å²) in [5, 5.41) is 8.06. The van der Waals surface area contributed by atoms with Crippen LogP contribution in [0.15, 0.2) is 95.0 Å². The number of aromatic nitrogens is 2. The summed E-state index contributed by atoms with van der Waals surface area (Å²) >= 11 is 1.28. The van der Waals surface area contributed by atoms with E-state index >= 15 is 0 Å². The molecule has 1 N–H and O–H groups in total. The molecule has 5 nitrogen and oxygen atoms in total. The first kappa shape index (κ1) is 20.9. The molecule has 1 fully saturated rings. The van der Waals surface area contributed by atoms with E-state index in [-0.39, 0.29) is 11.7 Å². The Balaban J connectivity index is 1.52. The van der Waals surface area contributed by atoms with Crippen molar-refractivity contribution in [2.24, 2.45) is 4.99 Å². The van der Waals surface area contributed by atoms with Gasteiger partial charge in [0.15, 0.2) is 5.17 Å². The van der Waals surface area contributed by atoms with Gasteiger partial charge in [-0.2, -0.15) is 5.10 Å². The van der Waals surface area contributed by atoms with Crippen LogP contribution in [0.25, 0.3) is 23.0 Å². The number of nitrogens with zero attached hydrogens (tertiary/aromatic N) is 3. The van der Waals surface area contributed by atoms with Crippen molar-refractivity contribution in [3.8, 4) is 16.9 Å². The molecule has 0 atom stereocenters. The van der Waals surface area contributed by atoms with Crippen molar-refractivity contribution < 1.29 is 9.18 Å². The second kappa shape index (κ2) is 8.88. The number of rotatable bonds is 4. The third-order valence-corrected chi connectivity index (χ3v) is 5.99. The normalized spacial score (nSPS) is 15.9. The number of hydrogen-bond acceptors (Lipinski definition) is 4. The van der Waals surface area contributed by atoms with Crippen LogP contribution in [0.2, 0.25) is 0 Å². The molecule has 1 saturated heterocycles. The largest absolute Gasteiger partial charge is 0.300 e. The maximum atomic E-state index is 13.5. The monoisotopic (exact) mass is 454 g/mol. The van der Waals surface area contributed by atoms with Gasteiger partial charge in [0, 0.05) is 17.3 Å². The first-order valence-electron chi connectivity index (χ1n) is 10.3. The number of carbonyl (C=O) groups excluding carboxylic acids is 1. The Morgan fingerprint density at radius 1 is 1.00 bits per heavy atom. The first-order valence-corrected chi connectivity index (χ1v) is 11.1. The SMILES string of the molecule is Cc1ccc(N=C2NC(=O)/C(=C/c3cn(-c4ccccc4)nc3-c3ccc(F)cc3)S2)cc1. The van der Waals surface area contributed by atoms with Gasteiger partial charge in [-0.25, -0.2) is 14.1 Å². The van der Waals surface area contributed by atoms with Crippen LogP contribution in [0.1, 0.15) is 11.1 Å². The molecular formula is C26H19FN4OS. The number of nitrogens with one attached hydrogen (secondary N) is 1. The molecule has 0 radical (unpaired) electrons. The van der Waals surface area contributed by atoms with Gasteiger partial charge in [-0.3, -0.25) is 4.79 Å². The van der Waals surface area contributed by atoms with Crippen LogP contribution < -0.4 is 5.32 Å². The Hall–Kier alpha value is -3.97. The summed E-state index contributed by atoms with van der Waals surface area (Å²) in [7, 11) is 0. The molecule has 1 aliphatic heterocycles. The number of carbonyl (C=O) groups is 1. The van der Waals surface area contributed by atoms with E-state index in [1.807, 2.05) is 67.7 Å². The van der Waals surface area contributed by atoms with Gasteiger partial charge in [-0.1, -0.05) is 35.9 Å². The van der Waals surface area contributed by atoms with Crippen LogP contribution in [0.4, 0.5) is 10.1 Å². The van der Waals surface area contributed by atoms with Gasteiger partial charge < -0.3 is 5.32 Å². The topological polar surface area (TPSA) is 59.3 Å². The number of halogens is 1. The molecule has 33 heavy (non-hydrogen) atoms. The van der Waals surface area contributed by atoms with Crippen LogP contribution >= 0.6 is 11.8 Å². The summed E-state index contributed by atoms with van der Waals surface area (Å²) in [6.07, 6.45) is 3.66. The van der Waals surface area contributed by atoms with E-state index in [4.69, 9.17) is 5.10 Å². The minimum atomic E-state index is -0.316. The van der Waals surface area contributed by atoms with Gasteiger partial charge in [0.1, 0.15) is 5.82 Å². The minimum absolute atomic E-state index is 0.219. The zero-order chi connectivity index (χ0) is 22.8.